The number of carbonyl (C=O) groups excluding carboxylic acids is 2. The molecule has 110 valence electrons. The van der Waals surface area contributed by atoms with Gasteiger partial charge in [0, 0.05) is 31.0 Å². The van der Waals surface area contributed by atoms with Gasteiger partial charge in [-0.25, -0.2) is 0 Å². The molecule has 0 aromatic rings. The second-order valence-electron chi connectivity index (χ2n) is 5.63. The molecule has 5 heteroatoms. The highest BCUT2D eigenvalue weighted by atomic mass is 16.2. The molecular weight excluding hydrogens is 242 g/mol. The van der Waals surface area contributed by atoms with E-state index in [1.165, 1.54) is 0 Å². The minimum Gasteiger partial charge on any atom is -0.354 e. The first-order valence-electron chi connectivity index (χ1n) is 7.31. The summed E-state index contributed by atoms with van der Waals surface area (Å²) in [6.45, 7) is 6.99. The molecular formula is C14H27N3O2. The van der Waals surface area contributed by atoms with E-state index in [1.807, 2.05) is 13.8 Å². The molecule has 1 saturated heterocycles. The summed E-state index contributed by atoms with van der Waals surface area (Å²) in [5.74, 6) is 0.0772. The SMILES string of the molecule is CC(C)NC(=O)CCCC(=O)NC1CCCNC1C. The van der Waals surface area contributed by atoms with Crippen molar-refractivity contribution >= 4 is 11.8 Å². The molecule has 2 amide bonds. The lowest BCUT2D eigenvalue weighted by Gasteiger charge is -2.30. The number of carbonyl (C=O) groups is 2. The van der Waals surface area contributed by atoms with Crippen LogP contribution < -0.4 is 16.0 Å². The quantitative estimate of drug-likeness (QED) is 0.672. The third-order valence-electron chi connectivity index (χ3n) is 3.37. The van der Waals surface area contributed by atoms with Crippen LogP contribution in [0.1, 0.15) is 52.9 Å². The fourth-order valence-electron chi connectivity index (χ4n) is 2.32. The lowest BCUT2D eigenvalue weighted by molar-refractivity contribution is -0.123. The topological polar surface area (TPSA) is 70.2 Å². The van der Waals surface area contributed by atoms with E-state index in [1.54, 1.807) is 0 Å². The zero-order chi connectivity index (χ0) is 14.3. The molecule has 1 fully saturated rings. The average Bonchev–Trinajstić information content (AvgIpc) is 2.31. The molecule has 0 saturated carbocycles. The van der Waals surface area contributed by atoms with Gasteiger partial charge in [0.2, 0.25) is 11.8 Å². The molecule has 0 aliphatic carbocycles. The van der Waals surface area contributed by atoms with E-state index < -0.39 is 0 Å². The Bertz CT molecular complexity index is 305. The normalized spacial score (nSPS) is 23.2. The first-order chi connectivity index (χ1) is 8.99. The van der Waals surface area contributed by atoms with Gasteiger partial charge in [0.1, 0.15) is 0 Å². The summed E-state index contributed by atoms with van der Waals surface area (Å²) in [4.78, 5) is 23.2. The Morgan fingerprint density at radius 1 is 1.26 bits per heavy atom. The smallest absolute Gasteiger partial charge is 0.220 e. The van der Waals surface area contributed by atoms with E-state index in [4.69, 9.17) is 0 Å². The first-order valence-corrected chi connectivity index (χ1v) is 7.31. The van der Waals surface area contributed by atoms with Crippen molar-refractivity contribution in [3.05, 3.63) is 0 Å². The van der Waals surface area contributed by atoms with Gasteiger partial charge in [0.25, 0.3) is 0 Å². The van der Waals surface area contributed by atoms with E-state index in [2.05, 4.69) is 22.9 Å². The number of hydrogen-bond donors (Lipinski definition) is 3. The van der Waals surface area contributed by atoms with Gasteiger partial charge in [-0.2, -0.15) is 0 Å². The van der Waals surface area contributed by atoms with Gasteiger partial charge in [-0.3, -0.25) is 9.59 Å². The van der Waals surface area contributed by atoms with Gasteiger partial charge >= 0.3 is 0 Å². The molecule has 2 unspecified atom stereocenters. The van der Waals surface area contributed by atoms with Crippen molar-refractivity contribution < 1.29 is 9.59 Å². The van der Waals surface area contributed by atoms with Crippen LogP contribution in [-0.2, 0) is 9.59 Å². The number of hydrogen-bond acceptors (Lipinski definition) is 3. The van der Waals surface area contributed by atoms with Crippen LogP contribution in [0.3, 0.4) is 0 Å². The fourth-order valence-corrected chi connectivity index (χ4v) is 2.32. The Labute approximate surface area is 115 Å². The van der Waals surface area contributed by atoms with Crippen molar-refractivity contribution in [2.45, 2.75) is 71.0 Å². The van der Waals surface area contributed by atoms with Crippen LogP contribution in [-0.4, -0.2) is 36.5 Å². The minimum absolute atomic E-state index is 0.0236. The lowest BCUT2D eigenvalue weighted by atomic mass is 9.99. The number of rotatable bonds is 6. The molecule has 1 aliphatic rings. The van der Waals surface area contributed by atoms with Crippen molar-refractivity contribution in [2.24, 2.45) is 0 Å². The molecule has 1 rings (SSSR count). The molecule has 1 heterocycles. The van der Waals surface area contributed by atoms with Gasteiger partial charge in [-0.1, -0.05) is 0 Å². The molecule has 0 aromatic heterocycles. The van der Waals surface area contributed by atoms with Crippen molar-refractivity contribution in [3.63, 3.8) is 0 Å². The van der Waals surface area contributed by atoms with Crippen molar-refractivity contribution in [1.29, 1.82) is 0 Å². The Kier molecular flexibility index (Phi) is 6.84. The van der Waals surface area contributed by atoms with Crippen LogP contribution in [0.4, 0.5) is 0 Å². The highest BCUT2D eigenvalue weighted by molar-refractivity contribution is 5.79. The fraction of sp³-hybridized carbons (Fsp3) is 0.857. The maximum atomic E-state index is 11.8. The van der Waals surface area contributed by atoms with Crippen LogP contribution in [0.25, 0.3) is 0 Å². The Morgan fingerprint density at radius 3 is 2.58 bits per heavy atom. The third kappa shape index (κ3) is 6.57. The van der Waals surface area contributed by atoms with Crippen LogP contribution in [0.15, 0.2) is 0 Å². The summed E-state index contributed by atoms with van der Waals surface area (Å²) in [5, 5.41) is 9.23. The molecule has 0 aromatic carbocycles. The van der Waals surface area contributed by atoms with Crippen LogP contribution in [0.5, 0.6) is 0 Å². The average molecular weight is 269 g/mol. The largest absolute Gasteiger partial charge is 0.354 e. The number of nitrogens with one attached hydrogen (secondary N) is 3. The Morgan fingerprint density at radius 2 is 1.95 bits per heavy atom. The summed E-state index contributed by atoms with van der Waals surface area (Å²) in [7, 11) is 0. The monoisotopic (exact) mass is 269 g/mol. The second-order valence-corrected chi connectivity index (χ2v) is 5.63. The standard InChI is InChI=1S/C14H27N3O2/c1-10(2)16-13(18)7-4-8-14(19)17-12-6-5-9-15-11(12)3/h10-12,15H,4-9H2,1-3H3,(H,16,18)(H,17,19). The highest BCUT2D eigenvalue weighted by Crippen LogP contribution is 2.08. The zero-order valence-electron chi connectivity index (χ0n) is 12.3. The van der Waals surface area contributed by atoms with Crippen molar-refractivity contribution in [1.82, 2.24) is 16.0 Å². The van der Waals surface area contributed by atoms with Crippen LogP contribution in [0.2, 0.25) is 0 Å². The molecule has 1 aliphatic heterocycles. The van der Waals surface area contributed by atoms with Crippen molar-refractivity contribution in [3.8, 4) is 0 Å². The minimum atomic E-state index is 0.0236. The van der Waals surface area contributed by atoms with E-state index in [0.29, 0.717) is 25.3 Å². The Balaban J connectivity index is 2.15. The number of piperidine rings is 1. The molecule has 2 atom stereocenters. The zero-order valence-corrected chi connectivity index (χ0v) is 12.3. The van der Waals surface area contributed by atoms with Crippen LogP contribution in [0, 0.1) is 0 Å². The molecule has 5 nitrogen and oxygen atoms in total. The summed E-state index contributed by atoms with van der Waals surface area (Å²) in [6.07, 6.45) is 3.59. The first kappa shape index (κ1) is 16.0. The molecule has 0 spiro atoms. The molecule has 19 heavy (non-hydrogen) atoms. The van der Waals surface area contributed by atoms with Crippen LogP contribution >= 0.6 is 0 Å². The maximum absolute atomic E-state index is 11.8. The predicted molar refractivity (Wildman–Crippen MR) is 75.8 cm³/mol. The maximum Gasteiger partial charge on any atom is 0.220 e. The van der Waals surface area contributed by atoms with E-state index >= 15 is 0 Å². The van der Waals surface area contributed by atoms with Gasteiger partial charge < -0.3 is 16.0 Å². The van der Waals surface area contributed by atoms with Crippen molar-refractivity contribution in [2.75, 3.05) is 6.54 Å². The molecule has 0 radical (unpaired) electrons. The van der Waals surface area contributed by atoms with E-state index in [0.717, 1.165) is 19.4 Å². The van der Waals surface area contributed by atoms with Gasteiger partial charge in [0.05, 0.1) is 0 Å². The molecule has 0 bridgehead atoms. The summed E-state index contributed by atoms with van der Waals surface area (Å²) < 4.78 is 0. The molecule has 3 N–H and O–H groups in total. The van der Waals surface area contributed by atoms with Gasteiger partial charge in [-0.05, 0) is 46.6 Å². The Hall–Kier alpha value is -1.10. The third-order valence-corrected chi connectivity index (χ3v) is 3.37. The van der Waals surface area contributed by atoms with E-state index in [9.17, 15) is 9.59 Å². The summed E-state index contributed by atoms with van der Waals surface area (Å²) in [6, 6.07) is 0.725. The van der Waals surface area contributed by atoms with Gasteiger partial charge in [-0.15, -0.1) is 0 Å². The lowest BCUT2D eigenvalue weighted by Crippen LogP contribution is -2.51. The number of amides is 2. The highest BCUT2D eigenvalue weighted by Gasteiger charge is 2.22. The summed E-state index contributed by atoms with van der Waals surface area (Å²) in [5.41, 5.74) is 0. The van der Waals surface area contributed by atoms with E-state index in [-0.39, 0.29) is 23.9 Å². The predicted octanol–water partition coefficient (Wildman–Crippen LogP) is 0.938. The summed E-state index contributed by atoms with van der Waals surface area (Å²) >= 11 is 0. The second kappa shape index (κ2) is 8.15. The van der Waals surface area contributed by atoms with Gasteiger partial charge in [0.15, 0.2) is 0 Å².